The molecule has 1 saturated carbocycles. The molecule has 2 heterocycles. The second-order valence-electron chi connectivity index (χ2n) is 6.93. The number of hydrogen-bond donors (Lipinski definition) is 2. The van der Waals surface area contributed by atoms with Crippen molar-refractivity contribution in [2.45, 2.75) is 25.3 Å². The summed E-state index contributed by atoms with van der Waals surface area (Å²) in [7, 11) is 0. The Morgan fingerprint density at radius 2 is 2.10 bits per heavy atom. The van der Waals surface area contributed by atoms with Crippen molar-refractivity contribution in [1.82, 2.24) is 14.1 Å². The van der Waals surface area contributed by atoms with E-state index in [4.69, 9.17) is 10.5 Å². The van der Waals surface area contributed by atoms with Crippen molar-refractivity contribution in [3.63, 3.8) is 0 Å². The summed E-state index contributed by atoms with van der Waals surface area (Å²) in [5, 5.41) is 0. The van der Waals surface area contributed by atoms with E-state index in [0.717, 1.165) is 27.9 Å². The quantitative estimate of drug-likeness (QED) is 0.303. The van der Waals surface area contributed by atoms with Gasteiger partial charge in [-0.25, -0.2) is 4.98 Å². The molecule has 29 heavy (non-hydrogen) atoms. The maximum Gasteiger partial charge on any atom is 0.137 e. The lowest BCUT2D eigenvalue weighted by Gasteiger charge is -2.06. The average Bonchev–Trinajstić information content (AvgIpc) is 3.52. The molecule has 6 nitrogen and oxygen atoms in total. The van der Waals surface area contributed by atoms with Gasteiger partial charge in [0.25, 0.3) is 0 Å². The molecule has 0 bridgehead atoms. The van der Waals surface area contributed by atoms with Crippen LogP contribution in [0.2, 0.25) is 0 Å². The van der Waals surface area contributed by atoms with Gasteiger partial charge in [-0.1, -0.05) is 24.3 Å². The summed E-state index contributed by atoms with van der Waals surface area (Å²) in [5.74, 6) is 1.61. The number of nitrogens with two attached hydrogens (primary N) is 1. The Hall–Kier alpha value is -2.77. The molecule has 0 spiro atoms. The lowest BCUT2D eigenvalue weighted by atomic mass is 10.2. The molecule has 3 aromatic rings. The number of nitrogens with zero attached hydrogens (tertiary/aromatic N) is 3. The summed E-state index contributed by atoms with van der Waals surface area (Å²) >= 11 is 1.44. The number of hydrogen-bond acceptors (Lipinski definition) is 6. The molecule has 0 unspecified atom stereocenters. The van der Waals surface area contributed by atoms with Crippen molar-refractivity contribution in [3.05, 3.63) is 77.2 Å². The molecule has 0 radical (unpaired) electrons. The molecule has 1 aliphatic rings. The molecule has 0 atom stereocenters. The van der Waals surface area contributed by atoms with Gasteiger partial charge in [0.15, 0.2) is 0 Å². The summed E-state index contributed by atoms with van der Waals surface area (Å²) in [6.45, 7) is 1.80. The number of nitrogens with one attached hydrogen (secondary N) is 1. The van der Waals surface area contributed by atoms with Gasteiger partial charge in [-0.05, 0) is 54.5 Å². The highest BCUT2D eigenvalue weighted by atomic mass is 32.2. The Balaban J connectivity index is 1.21. The molecular weight excluding hydrogens is 382 g/mol. The highest BCUT2D eigenvalue weighted by Crippen LogP contribution is 2.39. The molecule has 3 N–H and O–H groups in total. The van der Waals surface area contributed by atoms with Gasteiger partial charge in [0.2, 0.25) is 0 Å². The number of aromatic nitrogens is 2. The Bertz CT molecular complexity index is 995. The largest absolute Gasteiger partial charge is 0.492 e. The molecule has 0 aliphatic heterocycles. The van der Waals surface area contributed by atoms with E-state index in [1.54, 1.807) is 12.4 Å². The van der Waals surface area contributed by atoms with Gasteiger partial charge >= 0.3 is 0 Å². The number of aliphatic imine (C=N–C) groups is 1. The first-order valence-electron chi connectivity index (χ1n) is 9.78. The maximum absolute atomic E-state index is 5.71. The third-order valence-electron chi connectivity index (χ3n) is 4.61. The van der Waals surface area contributed by atoms with Crippen LogP contribution in [0.25, 0.3) is 5.65 Å². The molecule has 150 valence electrons. The van der Waals surface area contributed by atoms with Gasteiger partial charge in [0.05, 0.1) is 17.1 Å². The van der Waals surface area contributed by atoms with Gasteiger partial charge in [0.1, 0.15) is 18.0 Å². The third-order valence-corrected chi connectivity index (χ3v) is 5.44. The average molecular weight is 408 g/mol. The molecule has 0 saturated heterocycles. The van der Waals surface area contributed by atoms with E-state index in [-0.39, 0.29) is 0 Å². The van der Waals surface area contributed by atoms with Crippen LogP contribution < -0.4 is 15.2 Å². The predicted molar refractivity (Wildman–Crippen MR) is 119 cm³/mol. The van der Waals surface area contributed by atoms with E-state index in [9.17, 15) is 0 Å². The molecule has 1 aromatic carbocycles. The van der Waals surface area contributed by atoms with Crippen LogP contribution in [0, 0.1) is 0 Å². The second kappa shape index (κ2) is 9.62. The minimum atomic E-state index is 0.523. The van der Waals surface area contributed by atoms with Gasteiger partial charge in [-0.3, -0.25) is 9.71 Å². The van der Waals surface area contributed by atoms with E-state index in [1.807, 2.05) is 30.3 Å². The van der Waals surface area contributed by atoms with Crippen LogP contribution in [-0.2, 0) is 6.54 Å². The maximum atomic E-state index is 5.71. The standard InChI is InChI=1S/C22H25N5OS/c23-12-21(29-25-10-11-28-20-4-2-1-3-5-20)14-24-13-19-16-27-15-18(17-6-7-17)8-9-22(27)26-19/h1-5,8-9,12,14-17,25H,6-7,10-11,13,23H2/b21-12+,24-14?. The summed E-state index contributed by atoms with van der Waals surface area (Å²) in [6, 6.07) is 14.0. The Morgan fingerprint density at radius 3 is 2.90 bits per heavy atom. The van der Waals surface area contributed by atoms with Crippen molar-refractivity contribution in [2.24, 2.45) is 10.7 Å². The lowest BCUT2D eigenvalue weighted by Crippen LogP contribution is -2.15. The van der Waals surface area contributed by atoms with Gasteiger partial charge in [-0.15, -0.1) is 0 Å². The van der Waals surface area contributed by atoms with E-state index in [0.29, 0.717) is 19.7 Å². The Morgan fingerprint density at radius 1 is 1.24 bits per heavy atom. The second-order valence-corrected chi connectivity index (χ2v) is 7.90. The van der Waals surface area contributed by atoms with E-state index >= 15 is 0 Å². The van der Waals surface area contributed by atoms with Crippen molar-refractivity contribution >= 4 is 23.8 Å². The van der Waals surface area contributed by atoms with Crippen LogP contribution in [0.15, 0.2) is 71.0 Å². The highest BCUT2D eigenvalue weighted by Gasteiger charge is 2.23. The number of fused-ring (bicyclic) bond motifs is 1. The fraction of sp³-hybridized carbons (Fsp3) is 0.273. The van der Waals surface area contributed by atoms with Crippen LogP contribution in [-0.4, -0.2) is 28.8 Å². The first kappa shape index (κ1) is 19.5. The molecule has 1 aliphatic carbocycles. The number of imidazole rings is 1. The summed E-state index contributed by atoms with van der Waals surface area (Å²) in [4.78, 5) is 9.97. The SMILES string of the molecule is N/C=C(\C=NCc1cn2cc(C3CC3)ccc2n1)SNCCOc1ccccc1. The van der Waals surface area contributed by atoms with Gasteiger partial charge in [-0.2, -0.15) is 0 Å². The number of benzene rings is 1. The van der Waals surface area contributed by atoms with E-state index in [2.05, 4.69) is 43.6 Å². The predicted octanol–water partition coefficient (Wildman–Crippen LogP) is 3.90. The fourth-order valence-corrected chi connectivity index (χ4v) is 3.54. The van der Waals surface area contributed by atoms with E-state index in [1.165, 1.54) is 30.4 Å². The third kappa shape index (κ3) is 5.62. The fourth-order valence-electron chi connectivity index (χ4n) is 2.99. The first-order valence-corrected chi connectivity index (χ1v) is 10.6. The Kier molecular flexibility index (Phi) is 6.49. The zero-order valence-electron chi connectivity index (χ0n) is 16.2. The summed E-state index contributed by atoms with van der Waals surface area (Å²) in [6.07, 6.45) is 10.2. The minimum Gasteiger partial charge on any atom is -0.492 e. The number of rotatable bonds is 10. The number of ether oxygens (including phenoxy) is 1. The number of allylic oxidation sites excluding steroid dienone is 1. The topological polar surface area (TPSA) is 76.9 Å². The van der Waals surface area contributed by atoms with Crippen molar-refractivity contribution < 1.29 is 4.74 Å². The molecule has 1 fully saturated rings. The Labute approximate surface area is 175 Å². The normalized spacial score (nSPS) is 14.7. The van der Waals surface area contributed by atoms with Crippen LogP contribution in [0.4, 0.5) is 0 Å². The van der Waals surface area contributed by atoms with Crippen LogP contribution in [0.1, 0.15) is 30.0 Å². The van der Waals surface area contributed by atoms with Crippen LogP contribution in [0.5, 0.6) is 5.75 Å². The van der Waals surface area contributed by atoms with Crippen molar-refractivity contribution in [3.8, 4) is 5.75 Å². The highest BCUT2D eigenvalue weighted by molar-refractivity contribution is 8.02. The number of para-hydroxylation sites is 1. The van der Waals surface area contributed by atoms with Crippen molar-refractivity contribution in [2.75, 3.05) is 13.2 Å². The molecule has 0 amide bonds. The molecule has 7 heteroatoms. The zero-order chi connectivity index (χ0) is 19.9. The number of pyridine rings is 1. The van der Waals surface area contributed by atoms with E-state index < -0.39 is 0 Å². The molecule has 4 rings (SSSR count). The molecule has 2 aromatic heterocycles. The monoisotopic (exact) mass is 407 g/mol. The van der Waals surface area contributed by atoms with Gasteiger partial charge < -0.3 is 14.9 Å². The first-order chi connectivity index (χ1) is 14.3. The minimum absolute atomic E-state index is 0.523. The van der Waals surface area contributed by atoms with Crippen LogP contribution in [0.3, 0.4) is 0 Å². The smallest absolute Gasteiger partial charge is 0.137 e. The van der Waals surface area contributed by atoms with Crippen LogP contribution >= 0.6 is 11.9 Å². The zero-order valence-corrected chi connectivity index (χ0v) is 17.0. The lowest BCUT2D eigenvalue weighted by molar-refractivity contribution is 0.324. The van der Waals surface area contributed by atoms with Crippen molar-refractivity contribution in [1.29, 1.82) is 0 Å². The summed E-state index contributed by atoms with van der Waals surface area (Å²) < 4.78 is 11.0. The summed E-state index contributed by atoms with van der Waals surface area (Å²) in [5.41, 5.74) is 9.01. The molecular formula is C22H25N5OS. The van der Waals surface area contributed by atoms with Gasteiger partial charge in [0, 0.05) is 31.4 Å².